The molecule has 0 radical (unpaired) electrons. The van der Waals surface area contributed by atoms with E-state index in [0.29, 0.717) is 12.2 Å². The van der Waals surface area contributed by atoms with E-state index < -0.39 is 4.92 Å². The number of ether oxygens (including phenoxy) is 1. The van der Waals surface area contributed by atoms with Gasteiger partial charge in [-0.1, -0.05) is 0 Å². The van der Waals surface area contributed by atoms with Gasteiger partial charge in [-0.05, 0) is 31.7 Å². The Balaban J connectivity index is 1.84. The van der Waals surface area contributed by atoms with Gasteiger partial charge >= 0.3 is 5.69 Å². The molecular formula is C12H17N3O3. The topological polar surface area (TPSA) is 77.3 Å². The fourth-order valence-corrected chi connectivity index (χ4v) is 2.08. The number of rotatable bonds is 5. The van der Waals surface area contributed by atoms with E-state index in [-0.39, 0.29) is 11.8 Å². The van der Waals surface area contributed by atoms with Crippen LogP contribution in [0.5, 0.6) is 0 Å². The highest BCUT2D eigenvalue weighted by Gasteiger charge is 2.15. The Morgan fingerprint density at radius 2 is 2.44 bits per heavy atom. The van der Waals surface area contributed by atoms with Gasteiger partial charge in [-0.15, -0.1) is 0 Å². The lowest BCUT2D eigenvalue weighted by atomic mass is 10.1. The molecule has 1 fully saturated rings. The molecule has 0 aliphatic carbocycles. The van der Waals surface area contributed by atoms with Crippen molar-refractivity contribution in [2.45, 2.75) is 31.8 Å². The summed E-state index contributed by atoms with van der Waals surface area (Å²) < 4.78 is 5.61. The Hall–Kier alpha value is -1.69. The van der Waals surface area contributed by atoms with E-state index in [0.717, 1.165) is 25.9 Å². The molecule has 18 heavy (non-hydrogen) atoms. The monoisotopic (exact) mass is 251 g/mol. The second-order valence-electron chi connectivity index (χ2n) is 4.35. The van der Waals surface area contributed by atoms with Crippen molar-refractivity contribution in [3.8, 4) is 0 Å². The van der Waals surface area contributed by atoms with Gasteiger partial charge in [0.15, 0.2) is 0 Å². The Morgan fingerprint density at radius 1 is 1.56 bits per heavy atom. The van der Waals surface area contributed by atoms with Crippen molar-refractivity contribution >= 4 is 11.4 Å². The fourth-order valence-electron chi connectivity index (χ4n) is 2.08. The maximum Gasteiger partial charge on any atom is 0.310 e. The highest BCUT2D eigenvalue weighted by Crippen LogP contribution is 2.22. The lowest BCUT2D eigenvalue weighted by molar-refractivity contribution is -0.384. The first-order valence-corrected chi connectivity index (χ1v) is 6.21. The average molecular weight is 251 g/mol. The molecule has 1 atom stereocenters. The Labute approximate surface area is 106 Å². The summed E-state index contributed by atoms with van der Waals surface area (Å²) in [6, 6.07) is 1.62. The lowest BCUT2D eigenvalue weighted by Gasteiger charge is -2.22. The molecule has 1 unspecified atom stereocenters. The number of anilines is 1. The van der Waals surface area contributed by atoms with Crippen molar-refractivity contribution in [2.75, 3.05) is 18.5 Å². The summed E-state index contributed by atoms with van der Waals surface area (Å²) in [6.07, 6.45) is 7.40. The Kier molecular flexibility index (Phi) is 4.46. The summed E-state index contributed by atoms with van der Waals surface area (Å²) in [5, 5.41) is 13.9. The van der Waals surface area contributed by atoms with Crippen LogP contribution in [-0.4, -0.2) is 29.2 Å². The summed E-state index contributed by atoms with van der Waals surface area (Å²) >= 11 is 0. The third-order valence-electron chi connectivity index (χ3n) is 3.05. The summed E-state index contributed by atoms with van der Waals surface area (Å²) in [5.41, 5.74) is 0.535. The van der Waals surface area contributed by atoms with Crippen LogP contribution >= 0.6 is 0 Å². The van der Waals surface area contributed by atoms with Crippen molar-refractivity contribution in [3.63, 3.8) is 0 Å². The number of nitrogens with zero attached hydrogens (tertiary/aromatic N) is 2. The van der Waals surface area contributed by atoms with Gasteiger partial charge in [0, 0.05) is 19.3 Å². The Bertz CT molecular complexity index is 405. The predicted octanol–water partition coefficient (Wildman–Crippen LogP) is 2.36. The molecule has 1 N–H and O–H groups in total. The van der Waals surface area contributed by atoms with Crippen molar-refractivity contribution < 1.29 is 9.66 Å². The second-order valence-corrected chi connectivity index (χ2v) is 4.35. The van der Waals surface area contributed by atoms with Gasteiger partial charge in [-0.2, -0.15) is 0 Å². The number of pyridine rings is 1. The van der Waals surface area contributed by atoms with Crippen LogP contribution in [0.3, 0.4) is 0 Å². The molecule has 1 aromatic heterocycles. The molecule has 6 heteroatoms. The number of hydrogen-bond acceptors (Lipinski definition) is 5. The zero-order chi connectivity index (χ0) is 12.8. The average Bonchev–Trinajstić information content (AvgIpc) is 2.40. The summed E-state index contributed by atoms with van der Waals surface area (Å²) in [5.74, 6) is 0. The van der Waals surface area contributed by atoms with Gasteiger partial charge in [-0.3, -0.25) is 15.1 Å². The first kappa shape index (κ1) is 12.8. The van der Waals surface area contributed by atoms with Crippen molar-refractivity contribution in [3.05, 3.63) is 28.6 Å². The molecule has 0 spiro atoms. The minimum atomic E-state index is -0.424. The zero-order valence-corrected chi connectivity index (χ0v) is 10.2. The van der Waals surface area contributed by atoms with E-state index in [2.05, 4.69) is 10.3 Å². The summed E-state index contributed by atoms with van der Waals surface area (Å²) in [7, 11) is 0. The normalized spacial score (nSPS) is 19.4. The van der Waals surface area contributed by atoms with E-state index in [9.17, 15) is 10.1 Å². The molecular weight excluding hydrogens is 234 g/mol. The summed E-state index contributed by atoms with van der Waals surface area (Å²) in [6.45, 7) is 1.51. The lowest BCUT2D eigenvalue weighted by Crippen LogP contribution is -2.22. The molecule has 1 aliphatic heterocycles. The van der Waals surface area contributed by atoms with Crippen molar-refractivity contribution in [1.29, 1.82) is 0 Å². The third kappa shape index (κ3) is 3.40. The van der Waals surface area contributed by atoms with E-state index >= 15 is 0 Å². The quantitative estimate of drug-likeness (QED) is 0.642. The number of aromatic nitrogens is 1. The molecule has 98 valence electrons. The molecule has 6 nitrogen and oxygen atoms in total. The highest BCUT2D eigenvalue weighted by molar-refractivity contribution is 5.59. The van der Waals surface area contributed by atoms with Gasteiger partial charge in [-0.25, -0.2) is 0 Å². The first-order chi connectivity index (χ1) is 8.77. The van der Waals surface area contributed by atoms with Gasteiger partial charge in [0.1, 0.15) is 11.9 Å². The zero-order valence-electron chi connectivity index (χ0n) is 10.2. The number of nitrogens with one attached hydrogen (secondary N) is 1. The van der Waals surface area contributed by atoms with Gasteiger partial charge in [0.2, 0.25) is 0 Å². The SMILES string of the molecule is O=[N+]([O-])c1cnccc1NCCC1CCCCO1. The fraction of sp³-hybridized carbons (Fsp3) is 0.583. The molecule has 2 heterocycles. The maximum absolute atomic E-state index is 10.8. The van der Waals surface area contributed by atoms with Crippen molar-refractivity contribution in [1.82, 2.24) is 4.98 Å². The minimum Gasteiger partial charge on any atom is -0.379 e. The molecule has 0 saturated carbocycles. The molecule has 0 amide bonds. The largest absolute Gasteiger partial charge is 0.379 e. The molecule has 2 rings (SSSR count). The predicted molar refractivity (Wildman–Crippen MR) is 67.6 cm³/mol. The second kappa shape index (κ2) is 6.30. The maximum atomic E-state index is 10.8. The molecule has 1 aromatic rings. The van der Waals surface area contributed by atoms with Crippen LogP contribution in [0.1, 0.15) is 25.7 Å². The van der Waals surface area contributed by atoms with Crippen LogP contribution in [0, 0.1) is 10.1 Å². The van der Waals surface area contributed by atoms with Gasteiger partial charge in [0.05, 0.1) is 11.0 Å². The van der Waals surface area contributed by atoms with E-state index in [4.69, 9.17) is 4.74 Å². The van der Waals surface area contributed by atoms with Crippen LogP contribution in [0.15, 0.2) is 18.5 Å². The van der Waals surface area contributed by atoms with Gasteiger partial charge < -0.3 is 10.1 Å². The first-order valence-electron chi connectivity index (χ1n) is 6.21. The standard InChI is InChI=1S/C12H17N3O3/c16-15(17)12-9-13-6-5-11(12)14-7-4-10-3-1-2-8-18-10/h5-6,9-10H,1-4,7-8H2,(H,13,14). The van der Waals surface area contributed by atoms with E-state index in [1.807, 2.05) is 0 Å². The van der Waals surface area contributed by atoms with Crippen molar-refractivity contribution in [2.24, 2.45) is 0 Å². The molecule has 1 aliphatic rings. The van der Waals surface area contributed by atoms with E-state index in [1.54, 1.807) is 12.3 Å². The van der Waals surface area contributed by atoms with Crippen LogP contribution in [0.4, 0.5) is 11.4 Å². The van der Waals surface area contributed by atoms with E-state index in [1.165, 1.54) is 12.6 Å². The van der Waals surface area contributed by atoms with Crippen LogP contribution < -0.4 is 5.32 Å². The summed E-state index contributed by atoms with van der Waals surface area (Å²) in [4.78, 5) is 14.1. The molecule has 0 aromatic carbocycles. The highest BCUT2D eigenvalue weighted by atomic mass is 16.6. The smallest absolute Gasteiger partial charge is 0.310 e. The van der Waals surface area contributed by atoms with Gasteiger partial charge in [0.25, 0.3) is 0 Å². The molecule has 1 saturated heterocycles. The minimum absolute atomic E-state index is 0.0158. The number of nitro groups is 1. The van der Waals surface area contributed by atoms with Crippen LogP contribution in [0.2, 0.25) is 0 Å². The van der Waals surface area contributed by atoms with Crippen LogP contribution in [0.25, 0.3) is 0 Å². The molecule has 0 bridgehead atoms. The Morgan fingerprint density at radius 3 is 3.17 bits per heavy atom. The third-order valence-corrected chi connectivity index (χ3v) is 3.05. The van der Waals surface area contributed by atoms with Crippen LogP contribution in [-0.2, 0) is 4.74 Å². The number of hydrogen-bond donors (Lipinski definition) is 1.